The summed E-state index contributed by atoms with van der Waals surface area (Å²) in [4.78, 5) is 10.7. The molecular formula is C11H13Cl2N3O. The molecule has 0 radical (unpaired) electrons. The molecule has 17 heavy (non-hydrogen) atoms. The van der Waals surface area contributed by atoms with Crippen molar-refractivity contribution in [3.8, 4) is 0 Å². The van der Waals surface area contributed by atoms with Crippen molar-refractivity contribution in [1.29, 1.82) is 0 Å². The number of hydrogen-bond acceptors (Lipinski definition) is 2. The fraction of sp³-hybridized carbons (Fsp3) is 0.182. The highest BCUT2D eigenvalue weighted by molar-refractivity contribution is 6.32. The standard InChI is InChI=1S/C11H12ClN3O.ClH/c1-7-8-4-2-3-5-9(8)15(11(7)12)14-6-10(13)16;/h2-5,14H,6H2,1H3,(H2,13,16);1H. The van der Waals surface area contributed by atoms with Crippen LogP contribution in [-0.4, -0.2) is 17.1 Å². The number of nitrogens with zero attached hydrogens (tertiary/aromatic N) is 1. The van der Waals surface area contributed by atoms with Gasteiger partial charge in [-0.1, -0.05) is 29.8 Å². The first-order chi connectivity index (χ1) is 7.61. The van der Waals surface area contributed by atoms with Gasteiger partial charge in [-0.05, 0) is 18.6 Å². The van der Waals surface area contributed by atoms with Gasteiger partial charge in [-0.15, -0.1) is 12.4 Å². The van der Waals surface area contributed by atoms with Crippen LogP contribution in [0.25, 0.3) is 10.9 Å². The van der Waals surface area contributed by atoms with Crippen molar-refractivity contribution < 1.29 is 4.79 Å². The first-order valence-corrected chi connectivity index (χ1v) is 5.27. The van der Waals surface area contributed by atoms with Crippen molar-refractivity contribution in [3.63, 3.8) is 0 Å². The predicted octanol–water partition coefficient (Wildman–Crippen LogP) is 2.05. The lowest BCUT2D eigenvalue weighted by atomic mass is 10.2. The molecule has 0 bridgehead atoms. The highest BCUT2D eigenvalue weighted by atomic mass is 35.5. The number of carbonyl (C=O) groups is 1. The van der Waals surface area contributed by atoms with E-state index in [1.165, 1.54) is 0 Å². The second-order valence-corrected chi connectivity index (χ2v) is 3.93. The Kier molecular flexibility index (Phi) is 4.26. The lowest BCUT2D eigenvalue weighted by molar-refractivity contribution is -0.116. The molecule has 0 spiro atoms. The van der Waals surface area contributed by atoms with Gasteiger partial charge in [-0.25, -0.2) is 4.68 Å². The summed E-state index contributed by atoms with van der Waals surface area (Å²) in [6, 6.07) is 7.78. The Morgan fingerprint density at radius 3 is 2.76 bits per heavy atom. The van der Waals surface area contributed by atoms with E-state index in [-0.39, 0.29) is 19.0 Å². The van der Waals surface area contributed by atoms with E-state index in [0.29, 0.717) is 5.15 Å². The van der Waals surface area contributed by atoms with Crippen molar-refractivity contribution in [2.24, 2.45) is 5.73 Å². The predicted molar refractivity (Wildman–Crippen MR) is 72.4 cm³/mol. The number of rotatable bonds is 3. The molecule has 0 fully saturated rings. The molecule has 0 saturated heterocycles. The van der Waals surface area contributed by atoms with E-state index in [2.05, 4.69) is 5.43 Å². The van der Waals surface area contributed by atoms with Gasteiger partial charge in [0.25, 0.3) is 0 Å². The molecule has 0 unspecified atom stereocenters. The molecule has 0 aliphatic heterocycles. The van der Waals surface area contributed by atoms with Gasteiger partial charge >= 0.3 is 0 Å². The molecular weight excluding hydrogens is 261 g/mol. The van der Waals surface area contributed by atoms with E-state index in [9.17, 15) is 4.79 Å². The molecule has 3 N–H and O–H groups in total. The van der Waals surface area contributed by atoms with Crippen LogP contribution >= 0.6 is 24.0 Å². The van der Waals surface area contributed by atoms with E-state index < -0.39 is 5.91 Å². The van der Waals surface area contributed by atoms with Gasteiger partial charge in [0.05, 0.1) is 5.52 Å². The summed E-state index contributed by atoms with van der Waals surface area (Å²) < 4.78 is 1.68. The van der Waals surface area contributed by atoms with Crippen LogP contribution in [-0.2, 0) is 4.79 Å². The number of carbonyl (C=O) groups excluding carboxylic acids is 1. The van der Waals surface area contributed by atoms with Crippen LogP contribution in [0.2, 0.25) is 5.15 Å². The number of nitrogens with two attached hydrogens (primary N) is 1. The van der Waals surface area contributed by atoms with Crippen LogP contribution in [0.4, 0.5) is 0 Å². The second-order valence-electron chi connectivity index (χ2n) is 3.57. The van der Waals surface area contributed by atoms with E-state index in [1.54, 1.807) is 4.68 Å². The number of para-hydroxylation sites is 1. The van der Waals surface area contributed by atoms with Crippen molar-refractivity contribution in [1.82, 2.24) is 4.68 Å². The molecule has 1 amide bonds. The molecule has 2 aromatic rings. The van der Waals surface area contributed by atoms with Gasteiger partial charge < -0.3 is 11.2 Å². The van der Waals surface area contributed by atoms with Crippen LogP contribution in [0, 0.1) is 6.92 Å². The topological polar surface area (TPSA) is 60.1 Å². The van der Waals surface area contributed by atoms with Gasteiger partial charge in [0, 0.05) is 5.39 Å². The van der Waals surface area contributed by atoms with Gasteiger partial charge in [0.2, 0.25) is 5.91 Å². The van der Waals surface area contributed by atoms with E-state index in [0.717, 1.165) is 16.5 Å². The van der Waals surface area contributed by atoms with Crippen molar-refractivity contribution >= 4 is 40.8 Å². The van der Waals surface area contributed by atoms with Crippen molar-refractivity contribution in [2.75, 3.05) is 12.0 Å². The highest BCUT2D eigenvalue weighted by Crippen LogP contribution is 2.27. The molecule has 92 valence electrons. The highest BCUT2D eigenvalue weighted by Gasteiger charge is 2.11. The fourth-order valence-corrected chi connectivity index (χ4v) is 1.93. The van der Waals surface area contributed by atoms with E-state index >= 15 is 0 Å². The van der Waals surface area contributed by atoms with Crippen LogP contribution in [0.1, 0.15) is 5.56 Å². The Balaban J connectivity index is 0.00000144. The maximum absolute atomic E-state index is 10.7. The van der Waals surface area contributed by atoms with Crippen LogP contribution in [0.3, 0.4) is 0 Å². The minimum absolute atomic E-state index is 0. The van der Waals surface area contributed by atoms with Gasteiger partial charge in [0.15, 0.2) is 0 Å². The summed E-state index contributed by atoms with van der Waals surface area (Å²) in [5.41, 5.74) is 9.89. The molecule has 0 atom stereocenters. The number of primary amides is 1. The van der Waals surface area contributed by atoms with Gasteiger partial charge in [0.1, 0.15) is 11.7 Å². The smallest absolute Gasteiger partial charge is 0.238 e. The molecule has 0 saturated carbocycles. The number of hydrogen-bond donors (Lipinski definition) is 2. The lowest BCUT2D eigenvalue weighted by Gasteiger charge is -2.08. The quantitative estimate of drug-likeness (QED) is 0.899. The third-order valence-corrected chi connectivity index (χ3v) is 2.92. The van der Waals surface area contributed by atoms with Crippen molar-refractivity contribution in [3.05, 3.63) is 35.0 Å². The number of aryl methyl sites for hydroxylation is 1. The normalized spacial score (nSPS) is 10.0. The first-order valence-electron chi connectivity index (χ1n) is 4.89. The maximum atomic E-state index is 10.7. The number of aromatic nitrogens is 1. The number of halogens is 2. The maximum Gasteiger partial charge on any atom is 0.238 e. The summed E-state index contributed by atoms with van der Waals surface area (Å²) in [5, 5.41) is 1.63. The number of amides is 1. The van der Waals surface area contributed by atoms with Gasteiger partial charge in [-0.2, -0.15) is 0 Å². The van der Waals surface area contributed by atoms with Crippen LogP contribution < -0.4 is 11.2 Å². The number of nitrogens with one attached hydrogen (secondary N) is 1. The van der Waals surface area contributed by atoms with Crippen LogP contribution in [0.15, 0.2) is 24.3 Å². The van der Waals surface area contributed by atoms with Crippen molar-refractivity contribution in [2.45, 2.75) is 6.92 Å². The molecule has 4 nitrogen and oxygen atoms in total. The van der Waals surface area contributed by atoms with E-state index in [4.69, 9.17) is 17.3 Å². The molecule has 0 aliphatic rings. The van der Waals surface area contributed by atoms with Gasteiger partial charge in [-0.3, -0.25) is 4.79 Å². The average Bonchev–Trinajstić information content (AvgIpc) is 2.50. The molecule has 6 heteroatoms. The molecule has 0 aliphatic carbocycles. The zero-order chi connectivity index (χ0) is 11.7. The summed E-state index contributed by atoms with van der Waals surface area (Å²) in [6.45, 7) is 1.99. The number of benzene rings is 1. The third kappa shape index (κ3) is 2.48. The molecule has 1 heterocycles. The summed E-state index contributed by atoms with van der Waals surface area (Å²) in [7, 11) is 0. The zero-order valence-electron chi connectivity index (χ0n) is 9.24. The minimum atomic E-state index is -0.425. The van der Waals surface area contributed by atoms with Crippen LogP contribution in [0.5, 0.6) is 0 Å². The molecule has 1 aromatic heterocycles. The second kappa shape index (κ2) is 5.29. The average molecular weight is 274 g/mol. The summed E-state index contributed by atoms with van der Waals surface area (Å²) in [6.07, 6.45) is 0. The largest absolute Gasteiger partial charge is 0.368 e. The minimum Gasteiger partial charge on any atom is -0.368 e. The number of fused-ring (bicyclic) bond motifs is 1. The summed E-state index contributed by atoms with van der Waals surface area (Å²) >= 11 is 6.17. The van der Waals surface area contributed by atoms with E-state index in [1.807, 2.05) is 31.2 Å². The Labute approximate surface area is 110 Å². The summed E-state index contributed by atoms with van der Waals surface area (Å²) in [5.74, 6) is -0.425. The lowest BCUT2D eigenvalue weighted by Crippen LogP contribution is -2.27. The first kappa shape index (κ1) is 13.7. The zero-order valence-corrected chi connectivity index (χ0v) is 10.8. The monoisotopic (exact) mass is 273 g/mol. The third-order valence-electron chi connectivity index (χ3n) is 2.47. The molecule has 1 aromatic carbocycles. The fourth-order valence-electron chi connectivity index (χ4n) is 1.68. The Bertz CT molecular complexity index is 551. The Morgan fingerprint density at radius 2 is 2.12 bits per heavy atom. The SMILES string of the molecule is Cc1c(Cl)n(NCC(N)=O)c2ccccc12.Cl. The molecule has 2 rings (SSSR count). The Morgan fingerprint density at radius 1 is 1.47 bits per heavy atom. The Hall–Kier alpha value is -1.39.